The summed E-state index contributed by atoms with van der Waals surface area (Å²) in [5, 5.41) is 10.6. The van der Waals surface area contributed by atoms with Crippen molar-refractivity contribution in [2.75, 3.05) is 14.2 Å². The summed E-state index contributed by atoms with van der Waals surface area (Å²) in [6.07, 6.45) is 3.03. The average Bonchev–Trinajstić information content (AvgIpc) is 3.33. The number of carbonyl (C=O) groups excluding carboxylic acids is 1. The number of methoxy groups -OCH3 is 2. The van der Waals surface area contributed by atoms with Crippen LogP contribution in [0.4, 0.5) is 0 Å². The van der Waals surface area contributed by atoms with Crippen LogP contribution in [0.1, 0.15) is 16.1 Å². The lowest BCUT2D eigenvalue weighted by atomic mass is 10.2. The molecule has 0 bridgehead atoms. The van der Waals surface area contributed by atoms with Gasteiger partial charge in [-0.15, -0.1) is 0 Å². The minimum Gasteiger partial charge on any atom is -0.497 e. The molecule has 0 aliphatic rings. The van der Waals surface area contributed by atoms with Gasteiger partial charge in [-0.05, 0) is 24.3 Å². The van der Waals surface area contributed by atoms with E-state index < -0.39 is 5.91 Å². The Morgan fingerprint density at radius 2 is 2.16 bits per heavy atom. The van der Waals surface area contributed by atoms with Gasteiger partial charge in [0.2, 0.25) is 0 Å². The monoisotopic (exact) mass is 340 g/mol. The van der Waals surface area contributed by atoms with Crippen molar-refractivity contribution in [3.63, 3.8) is 0 Å². The van der Waals surface area contributed by atoms with Gasteiger partial charge in [-0.1, -0.05) is 0 Å². The number of nitrogens with one attached hydrogen (secondary N) is 2. The van der Waals surface area contributed by atoms with Crippen molar-refractivity contribution >= 4 is 12.1 Å². The number of H-pyrrole nitrogens is 1. The fourth-order valence-corrected chi connectivity index (χ4v) is 2.14. The molecule has 3 rings (SSSR count). The topological polar surface area (TPSA) is 102 Å². The minimum absolute atomic E-state index is 0.199. The third-order valence-electron chi connectivity index (χ3n) is 3.41. The first kappa shape index (κ1) is 16.3. The van der Waals surface area contributed by atoms with E-state index >= 15 is 0 Å². The molecule has 0 atom stereocenters. The van der Waals surface area contributed by atoms with E-state index in [-0.39, 0.29) is 5.69 Å². The first-order chi connectivity index (χ1) is 12.2. The molecule has 2 aromatic heterocycles. The Hall–Kier alpha value is -3.55. The molecule has 128 valence electrons. The van der Waals surface area contributed by atoms with Crippen molar-refractivity contribution in [2.24, 2.45) is 5.10 Å². The third-order valence-corrected chi connectivity index (χ3v) is 3.41. The first-order valence-electron chi connectivity index (χ1n) is 7.36. The maximum absolute atomic E-state index is 12.1. The summed E-state index contributed by atoms with van der Waals surface area (Å²) in [6, 6.07) is 10.4. The predicted molar refractivity (Wildman–Crippen MR) is 90.9 cm³/mol. The van der Waals surface area contributed by atoms with E-state index in [1.165, 1.54) is 6.21 Å². The number of amides is 1. The predicted octanol–water partition coefficient (Wildman–Crippen LogP) is 2.45. The zero-order chi connectivity index (χ0) is 17.6. The summed E-state index contributed by atoms with van der Waals surface area (Å²) in [4.78, 5) is 12.1. The standard InChI is InChI=1S/C17H16N4O4/c1-23-12-6-5-11(16(8-12)24-2)10-18-21-17(22)14-9-13(19-20-14)15-4-3-7-25-15/h3-10H,1-2H3,(H,19,20)(H,21,22)/b18-10-. The summed E-state index contributed by atoms with van der Waals surface area (Å²) >= 11 is 0. The zero-order valence-electron chi connectivity index (χ0n) is 13.6. The normalized spacial score (nSPS) is 10.8. The Morgan fingerprint density at radius 1 is 1.28 bits per heavy atom. The van der Waals surface area contributed by atoms with Crippen LogP contribution in [-0.4, -0.2) is 36.5 Å². The number of hydrogen-bond donors (Lipinski definition) is 2. The molecular formula is C17H16N4O4. The van der Waals surface area contributed by atoms with E-state index in [2.05, 4.69) is 20.7 Å². The minimum atomic E-state index is -0.446. The van der Waals surface area contributed by atoms with Crippen LogP contribution >= 0.6 is 0 Å². The molecule has 0 aliphatic heterocycles. The van der Waals surface area contributed by atoms with Crippen molar-refractivity contribution in [1.29, 1.82) is 0 Å². The summed E-state index contributed by atoms with van der Waals surface area (Å²) in [5.74, 6) is 1.40. The number of rotatable bonds is 6. The molecule has 8 nitrogen and oxygen atoms in total. The van der Waals surface area contributed by atoms with Gasteiger partial charge in [0.25, 0.3) is 5.91 Å². The lowest BCUT2D eigenvalue weighted by Crippen LogP contribution is -2.18. The van der Waals surface area contributed by atoms with Crippen molar-refractivity contribution < 1.29 is 18.7 Å². The summed E-state index contributed by atoms with van der Waals surface area (Å²) in [6.45, 7) is 0. The molecule has 0 fully saturated rings. The number of benzene rings is 1. The molecule has 0 unspecified atom stereocenters. The van der Waals surface area contributed by atoms with E-state index in [0.29, 0.717) is 28.5 Å². The van der Waals surface area contributed by atoms with Gasteiger partial charge in [0.1, 0.15) is 17.2 Å². The van der Waals surface area contributed by atoms with Gasteiger partial charge in [0.15, 0.2) is 11.5 Å². The number of carbonyl (C=O) groups is 1. The fraction of sp³-hybridized carbons (Fsp3) is 0.118. The Bertz CT molecular complexity index is 884. The van der Waals surface area contributed by atoms with Gasteiger partial charge in [0, 0.05) is 17.7 Å². The number of aromatic nitrogens is 2. The molecule has 8 heteroatoms. The second kappa shape index (κ2) is 7.35. The third kappa shape index (κ3) is 3.69. The van der Waals surface area contributed by atoms with E-state index in [0.717, 1.165) is 0 Å². The Kier molecular flexibility index (Phi) is 4.79. The first-order valence-corrected chi connectivity index (χ1v) is 7.36. The molecule has 1 aromatic carbocycles. The highest BCUT2D eigenvalue weighted by Crippen LogP contribution is 2.23. The van der Waals surface area contributed by atoms with Crippen LogP contribution in [0.2, 0.25) is 0 Å². The van der Waals surface area contributed by atoms with Gasteiger partial charge in [-0.3, -0.25) is 9.89 Å². The number of hydrogen-bond acceptors (Lipinski definition) is 6. The molecule has 0 radical (unpaired) electrons. The van der Waals surface area contributed by atoms with Gasteiger partial charge < -0.3 is 13.9 Å². The molecule has 3 aromatic rings. The van der Waals surface area contributed by atoms with Crippen LogP contribution in [-0.2, 0) is 0 Å². The van der Waals surface area contributed by atoms with Gasteiger partial charge in [-0.2, -0.15) is 10.2 Å². The molecule has 0 saturated carbocycles. The molecule has 0 spiro atoms. The average molecular weight is 340 g/mol. The Labute approximate surface area is 143 Å². The smallest absolute Gasteiger partial charge is 0.291 e. The van der Waals surface area contributed by atoms with Crippen LogP contribution in [0.3, 0.4) is 0 Å². The Balaban J connectivity index is 1.67. The lowest BCUT2D eigenvalue weighted by Gasteiger charge is -2.06. The lowest BCUT2D eigenvalue weighted by molar-refractivity contribution is 0.0950. The number of ether oxygens (including phenoxy) is 2. The van der Waals surface area contributed by atoms with Crippen molar-refractivity contribution in [1.82, 2.24) is 15.6 Å². The molecule has 2 heterocycles. The summed E-state index contributed by atoms with van der Waals surface area (Å²) < 4.78 is 15.6. The quantitative estimate of drug-likeness (QED) is 0.530. The summed E-state index contributed by atoms with van der Waals surface area (Å²) in [5.41, 5.74) is 3.92. The van der Waals surface area contributed by atoms with Crippen molar-refractivity contribution in [3.05, 3.63) is 53.9 Å². The van der Waals surface area contributed by atoms with Gasteiger partial charge in [-0.25, -0.2) is 5.43 Å². The van der Waals surface area contributed by atoms with Crippen molar-refractivity contribution in [2.45, 2.75) is 0 Å². The van der Waals surface area contributed by atoms with E-state index in [9.17, 15) is 4.79 Å². The number of aromatic amines is 1. The number of hydrazone groups is 1. The van der Waals surface area contributed by atoms with Crippen LogP contribution in [0.25, 0.3) is 11.5 Å². The molecule has 0 aliphatic carbocycles. The molecule has 0 saturated heterocycles. The fourth-order valence-electron chi connectivity index (χ4n) is 2.14. The largest absolute Gasteiger partial charge is 0.497 e. The van der Waals surface area contributed by atoms with Gasteiger partial charge in [0.05, 0.1) is 26.7 Å². The maximum atomic E-state index is 12.1. The Morgan fingerprint density at radius 3 is 2.88 bits per heavy atom. The second-order valence-corrected chi connectivity index (χ2v) is 4.95. The molecule has 1 amide bonds. The maximum Gasteiger partial charge on any atom is 0.291 e. The van der Waals surface area contributed by atoms with Crippen molar-refractivity contribution in [3.8, 4) is 23.0 Å². The molecular weight excluding hydrogens is 324 g/mol. The van der Waals surface area contributed by atoms with E-state index in [1.807, 2.05) is 0 Å². The highest BCUT2D eigenvalue weighted by atomic mass is 16.5. The van der Waals surface area contributed by atoms with Crippen LogP contribution in [0.5, 0.6) is 11.5 Å². The highest BCUT2D eigenvalue weighted by Gasteiger charge is 2.12. The van der Waals surface area contributed by atoms with Gasteiger partial charge >= 0.3 is 0 Å². The number of nitrogens with zero attached hydrogens (tertiary/aromatic N) is 2. The number of furan rings is 1. The van der Waals surface area contributed by atoms with Crippen LogP contribution in [0, 0.1) is 0 Å². The van der Waals surface area contributed by atoms with Crippen LogP contribution in [0.15, 0.2) is 52.2 Å². The van der Waals surface area contributed by atoms with E-state index in [4.69, 9.17) is 13.9 Å². The second-order valence-electron chi connectivity index (χ2n) is 4.95. The summed E-state index contributed by atoms with van der Waals surface area (Å²) in [7, 11) is 3.12. The van der Waals surface area contributed by atoms with E-state index in [1.54, 1.807) is 56.9 Å². The zero-order valence-corrected chi connectivity index (χ0v) is 13.6. The molecule has 2 N–H and O–H groups in total. The van der Waals surface area contributed by atoms with Crippen LogP contribution < -0.4 is 14.9 Å². The molecule has 25 heavy (non-hydrogen) atoms. The highest BCUT2D eigenvalue weighted by molar-refractivity contribution is 5.94. The SMILES string of the molecule is COc1ccc(/C=N\NC(=O)c2cc(-c3ccco3)[nH]n2)c(OC)c1.